The lowest BCUT2D eigenvalue weighted by atomic mass is 10.00. The molecule has 29 heavy (non-hydrogen) atoms. The van der Waals surface area contributed by atoms with Gasteiger partial charge in [-0.3, -0.25) is 14.5 Å². The van der Waals surface area contributed by atoms with Crippen molar-refractivity contribution in [1.29, 1.82) is 0 Å². The van der Waals surface area contributed by atoms with Crippen LogP contribution in [0.4, 0.5) is 0 Å². The predicted octanol–water partition coefficient (Wildman–Crippen LogP) is 3.12. The monoisotopic (exact) mass is 432 g/mol. The van der Waals surface area contributed by atoms with E-state index in [1.165, 1.54) is 20.5 Å². The van der Waals surface area contributed by atoms with E-state index >= 15 is 0 Å². The van der Waals surface area contributed by atoms with Crippen LogP contribution in [0.2, 0.25) is 0 Å². The van der Waals surface area contributed by atoms with E-state index in [-0.39, 0.29) is 35.8 Å². The molecule has 2 amide bonds. The number of amides is 2. The standard InChI is InChI=1S/C21H24N2O4S2/c1-4-18(19-6-5-9-28-19)23-20(24)16-11-22(12-17(16)21(23)25)29(26,27)15-8-7-13(2)14(3)10-15/h5-10,16-18H,4,11-12H2,1-3H3/t16-,17+,18?. The molecule has 4 rings (SSSR count). The Kier molecular flexibility index (Phi) is 5.13. The maximum atomic E-state index is 13.1. The summed E-state index contributed by atoms with van der Waals surface area (Å²) in [7, 11) is -3.74. The molecule has 6 nitrogen and oxygen atoms in total. The fourth-order valence-corrected chi connectivity index (χ4v) is 6.73. The van der Waals surface area contributed by atoms with Gasteiger partial charge in [0.15, 0.2) is 0 Å². The van der Waals surface area contributed by atoms with Crippen LogP contribution in [0.1, 0.15) is 35.4 Å². The molecule has 2 aliphatic rings. The molecule has 1 aromatic carbocycles. The van der Waals surface area contributed by atoms with Gasteiger partial charge in [0, 0.05) is 18.0 Å². The molecule has 2 saturated heterocycles. The quantitative estimate of drug-likeness (QED) is 0.681. The number of aryl methyl sites for hydroxylation is 2. The molecule has 0 spiro atoms. The number of carbonyl (C=O) groups excluding carboxylic acids is 2. The first-order chi connectivity index (χ1) is 13.8. The highest BCUT2D eigenvalue weighted by Crippen LogP contribution is 2.41. The summed E-state index contributed by atoms with van der Waals surface area (Å²) in [5.41, 5.74) is 1.91. The number of carbonyl (C=O) groups is 2. The molecule has 154 valence electrons. The summed E-state index contributed by atoms with van der Waals surface area (Å²) in [6.45, 7) is 5.86. The lowest BCUT2D eigenvalue weighted by molar-refractivity contribution is -0.143. The zero-order chi connectivity index (χ0) is 20.9. The molecule has 3 heterocycles. The normalized spacial score (nSPS) is 23.6. The highest BCUT2D eigenvalue weighted by atomic mass is 32.2. The van der Waals surface area contributed by atoms with Crippen LogP contribution in [0, 0.1) is 25.7 Å². The number of benzene rings is 1. The van der Waals surface area contributed by atoms with Crippen molar-refractivity contribution >= 4 is 33.2 Å². The van der Waals surface area contributed by atoms with E-state index in [9.17, 15) is 18.0 Å². The number of thiophene rings is 1. The first-order valence-electron chi connectivity index (χ1n) is 9.73. The smallest absolute Gasteiger partial charge is 0.243 e. The molecule has 2 aromatic rings. The minimum Gasteiger partial charge on any atom is -0.274 e. The highest BCUT2D eigenvalue weighted by Gasteiger charge is 2.56. The molecule has 0 radical (unpaired) electrons. The number of sulfonamides is 1. The molecule has 2 fully saturated rings. The van der Waals surface area contributed by atoms with E-state index in [0.717, 1.165) is 16.0 Å². The van der Waals surface area contributed by atoms with Gasteiger partial charge in [-0.2, -0.15) is 4.31 Å². The lowest BCUT2D eigenvalue weighted by Gasteiger charge is -2.26. The van der Waals surface area contributed by atoms with Crippen molar-refractivity contribution in [2.75, 3.05) is 13.1 Å². The van der Waals surface area contributed by atoms with Crippen LogP contribution in [-0.2, 0) is 19.6 Å². The number of rotatable bonds is 5. The van der Waals surface area contributed by atoms with E-state index in [1.807, 2.05) is 38.3 Å². The Morgan fingerprint density at radius 2 is 1.72 bits per heavy atom. The van der Waals surface area contributed by atoms with Crippen LogP contribution < -0.4 is 0 Å². The second-order valence-electron chi connectivity index (χ2n) is 7.77. The van der Waals surface area contributed by atoms with Gasteiger partial charge in [0.1, 0.15) is 0 Å². The molecule has 2 aliphatic heterocycles. The molecule has 8 heteroatoms. The van der Waals surface area contributed by atoms with Crippen molar-refractivity contribution in [3.8, 4) is 0 Å². The van der Waals surface area contributed by atoms with Crippen LogP contribution >= 0.6 is 11.3 Å². The summed E-state index contributed by atoms with van der Waals surface area (Å²) in [5, 5.41) is 1.93. The molecule has 1 unspecified atom stereocenters. The van der Waals surface area contributed by atoms with Crippen LogP contribution in [0.5, 0.6) is 0 Å². The van der Waals surface area contributed by atoms with Gasteiger partial charge in [-0.1, -0.05) is 19.1 Å². The molecule has 0 bridgehead atoms. The number of imide groups is 1. The fraction of sp³-hybridized carbons (Fsp3) is 0.429. The van der Waals surface area contributed by atoms with Crippen LogP contribution in [0.3, 0.4) is 0 Å². The van der Waals surface area contributed by atoms with Crippen molar-refractivity contribution in [1.82, 2.24) is 9.21 Å². The van der Waals surface area contributed by atoms with Gasteiger partial charge >= 0.3 is 0 Å². The largest absolute Gasteiger partial charge is 0.274 e. The number of fused-ring (bicyclic) bond motifs is 1. The molecular formula is C21H24N2O4S2. The zero-order valence-corrected chi connectivity index (χ0v) is 18.3. The summed E-state index contributed by atoms with van der Waals surface area (Å²) in [4.78, 5) is 28.7. The molecule has 1 aromatic heterocycles. The third kappa shape index (κ3) is 3.23. The Morgan fingerprint density at radius 1 is 1.07 bits per heavy atom. The summed E-state index contributed by atoms with van der Waals surface area (Å²) >= 11 is 1.53. The van der Waals surface area contributed by atoms with Crippen molar-refractivity contribution in [3.05, 3.63) is 51.7 Å². The third-order valence-corrected chi connectivity index (χ3v) is 8.88. The van der Waals surface area contributed by atoms with E-state index in [4.69, 9.17) is 0 Å². The summed E-state index contributed by atoms with van der Waals surface area (Å²) in [5.74, 6) is -1.70. The number of hydrogen-bond donors (Lipinski definition) is 0. The van der Waals surface area contributed by atoms with Crippen molar-refractivity contribution < 1.29 is 18.0 Å². The molecular weight excluding hydrogens is 408 g/mol. The second-order valence-corrected chi connectivity index (χ2v) is 10.7. The third-order valence-electron chi connectivity index (χ3n) is 6.08. The first kappa shape index (κ1) is 20.3. The van der Waals surface area contributed by atoms with Gasteiger partial charge in [-0.05, 0) is 55.0 Å². The summed E-state index contributed by atoms with van der Waals surface area (Å²) in [6.07, 6.45) is 0.641. The van der Waals surface area contributed by atoms with E-state index < -0.39 is 21.9 Å². The molecule has 3 atom stereocenters. The first-order valence-corrected chi connectivity index (χ1v) is 12.1. The number of nitrogens with zero attached hydrogens (tertiary/aromatic N) is 2. The Balaban J connectivity index is 1.58. The van der Waals surface area contributed by atoms with Crippen molar-refractivity contribution in [2.45, 2.75) is 38.1 Å². The molecule has 0 N–H and O–H groups in total. The Hall–Kier alpha value is -2.03. The van der Waals surface area contributed by atoms with Gasteiger partial charge in [0.25, 0.3) is 0 Å². The number of hydrogen-bond acceptors (Lipinski definition) is 5. The topological polar surface area (TPSA) is 74.8 Å². The number of likely N-dealkylation sites (tertiary alicyclic amines) is 1. The Bertz CT molecular complexity index is 1040. The predicted molar refractivity (Wildman–Crippen MR) is 111 cm³/mol. The maximum Gasteiger partial charge on any atom is 0.243 e. The summed E-state index contributed by atoms with van der Waals surface area (Å²) in [6, 6.07) is 8.59. The van der Waals surface area contributed by atoms with Gasteiger partial charge in [-0.15, -0.1) is 11.3 Å². The average molecular weight is 433 g/mol. The van der Waals surface area contributed by atoms with Crippen molar-refractivity contribution in [2.24, 2.45) is 11.8 Å². The van der Waals surface area contributed by atoms with Crippen LogP contribution in [0.25, 0.3) is 0 Å². The Labute approximate surface area is 175 Å². The maximum absolute atomic E-state index is 13.1. The second kappa shape index (κ2) is 7.34. The zero-order valence-electron chi connectivity index (χ0n) is 16.7. The minimum atomic E-state index is -3.74. The molecule has 0 aliphatic carbocycles. The van der Waals surface area contributed by atoms with Crippen LogP contribution in [0.15, 0.2) is 40.6 Å². The van der Waals surface area contributed by atoms with Crippen molar-refractivity contribution in [3.63, 3.8) is 0 Å². The molecule has 0 saturated carbocycles. The lowest BCUT2D eigenvalue weighted by Crippen LogP contribution is -2.39. The van der Waals surface area contributed by atoms with Gasteiger partial charge in [0.05, 0.1) is 22.8 Å². The highest BCUT2D eigenvalue weighted by molar-refractivity contribution is 7.89. The van der Waals surface area contributed by atoms with Gasteiger partial charge in [0.2, 0.25) is 21.8 Å². The van der Waals surface area contributed by atoms with Gasteiger partial charge in [-0.25, -0.2) is 8.42 Å². The van der Waals surface area contributed by atoms with E-state index in [1.54, 1.807) is 18.2 Å². The Morgan fingerprint density at radius 3 is 2.24 bits per heavy atom. The SMILES string of the molecule is CCC(c1cccs1)N1C(=O)[C@H]2CN(S(=O)(=O)c3ccc(C)c(C)c3)C[C@H]2C1=O. The average Bonchev–Trinajstić information content (AvgIpc) is 3.40. The van der Waals surface area contributed by atoms with Gasteiger partial charge < -0.3 is 0 Å². The summed E-state index contributed by atoms with van der Waals surface area (Å²) < 4.78 is 27.5. The van der Waals surface area contributed by atoms with E-state index in [0.29, 0.717) is 6.42 Å². The van der Waals surface area contributed by atoms with E-state index in [2.05, 4.69) is 0 Å². The minimum absolute atomic E-state index is 0.0574. The fourth-order valence-electron chi connectivity index (χ4n) is 4.25. The van der Waals surface area contributed by atoms with Crippen LogP contribution in [-0.4, -0.2) is 42.5 Å².